The first-order valence-corrected chi connectivity index (χ1v) is 3.99. The highest BCUT2D eigenvalue weighted by Crippen LogP contribution is 2.32. The van der Waals surface area contributed by atoms with Crippen molar-refractivity contribution >= 4 is 0 Å². The van der Waals surface area contributed by atoms with Crippen molar-refractivity contribution in [1.29, 1.82) is 0 Å². The van der Waals surface area contributed by atoms with Gasteiger partial charge in [0.05, 0.1) is 6.61 Å². The van der Waals surface area contributed by atoms with Gasteiger partial charge in [0.25, 0.3) is 0 Å². The SMILES string of the molecule is CCC1COc2ncccc21. The van der Waals surface area contributed by atoms with Crippen LogP contribution < -0.4 is 4.74 Å². The lowest BCUT2D eigenvalue weighted by Crippen LogP contribution is -1.97. The van der Waals surface area contributed by atoms with E-state index in [9.17, 15) is 0 Å². The number of rotatable bonds is 1. The van der Waals surface area contributed by atoms with Crippen LogP contribution in [-0.2, 0) is 0 Å². The number of hydrogen-bond donors (Lipinski definition) is 0. The summed E-state index contributed by atoms with van der Waals surface area (Å²) in [5, 5.41) is 0. The molecule has 0 aromatic carbocycles. The monoisotopic (exact) mass is 149 g/mol. The Morgan fingerprint density at radius 1 is 1.73 bits per heavy atom. The molecule has 0 saturated heterocycles. The van der Waals surface area contributed by atoms with Crippen LogP contribution in [0, 0.1) is 0 Å². The highest BCUT2D eigenvalue weighted by Gasteiger charge is 2.22. The zero-order valence-corrected chi connectivity index (χ0v) is 6.58. The van der Waals surface area contributed by atoms with Crippen LogP contribution in [0.2, 0.25) is 0 Å². The predicted molar refractivity (Wildman–Crippen MR) is 42.8 cm³/mol. The van der Waals surface area contributed by atoms with Gasteiger partial charge in [-0.3, -0.25) is 0 Å². The highest BCUT2D eigenvalue weighted by molar-refractivity contribution is 5.32. The van der Waals surface area contributed by atoms with Gasteiger partial charge in [-0.05, 0) is 12.5 Å². The number of fused-ring (bicyclic) bond motifs is 1. The fourth-order valence-corrected chi connectivity index (χ4v) is 1.44. The molecule has 1 aliphatic heterocycles. The van der Waals surface area contributed by atoms with Crippen LogP contribution in [0.3, 0.4) is 0 Å². The van der Waals surface area contributed by atoms with Gasteiger partial charge in [-0.1, -0.05) is 13.0 Å². The van der Waals surface area contributed by atoms with E-state index in [0.717, 1.165) is 18.9 Å². The Morgan fingerprint density at radius 2 is 2.64 bits per heavy atom. The van der Waals surface area contributed by atoms with Crippen LogP contribution >= 0.6 is 0 Å². The molecule has 1 aliphatic rings. The maximum absolute atomic E-state index is 5.39. The lowest BCUT2D eigenvalue weighted by atomic mass is 10.0. The third-order valence-corrected chi connectivity index (χ3v) is 2.15. The Kier molecular flexibility index (Phi) is 1.53. The molecule has 11 heavy (non-hydrogen) atoms. The third-order valence-electron chi connectivity index (χ3n) is 2.15. The number of nitrogens with zero attached hydrogens (tertiary/aromatic N) is 1. The minimum atomic E-state index is 0.568. The molecule has 0 N–H and O–H groups in total. The fourth-order valence-electron chi connectivity index (χ4n) is 1.44. The van der Waals surface area contributed by atoms with Crippen molar-refractivity contribution in [3.8, 4) is 5.88 Å². The molecule has 2 heteroatoms. The average molecular weight is 149 g/mol. The van der Waals surface area contributed by atoms with Crippen molar-refractivity contribution in [3.05, 3.63) is 23.9 Å². The van der Waals surface area contributed by atoms with E-state index in [0.29, 0.717) is 5.92 Å². The molecule has 58 valence electrons. The van der Waals surface area contributed by atoms with Gasteiger partial charge in [-0.15, -0.1) is 0 Å². The van der Waals surface area contributed by atoms with Crippen molar-refractivity contribution in [2.24, 2.45) is 0 Å². The van der Waals surface area contributed by atoms with Crippen molar-refractivity contribution in [1.82, 2.24) is 4.98 Å². The van der Waals surface area contributed by atoms with Gasteiger partial charge in [-0.2, -0.15) is 0 Å². The second-order valence-electron chi connectivity index (χ2n) is 2.81. The zero-order valence-electron chi connectivity index (χ0n) is 6.58. The first-order chi connectivity index (χ1) is 5.42. The van der Waals surface area contributed by atoms with Crippen LogP contribution in [0.5, 0.6) is 5.88 Å². The van der Waals surface area contributed by atoms with Crippen molar-refractivity contribution in [3.63, 3.8) is 0 Å². The molecule has 0 saturated carbocycles. The minimum Gasteiger partial charge on any atom is -0.477 e. The third kappa shape index (κ3) is 0.985. The molecular weight excluding hydrogens is 138 g/mol. The van der Waals surface area contributed by atoms with Gasteiger partial charge < -0.3 is 4.74 Å². The second kappa shape index (κ2) is 2.53. The molecule has 0 radical (unpaired) electrons. The summed E-state index contributed by atoms with van der Waals surface area (Å²) in [4.78, 5) is 4.14. The molecule has 0 bridgehead atoms. The smallest absolute Gasteiger partial charge is 0.216 e. The predicted octanol–water partition coefficient (Wildman–Crippen LogP) is 1.97. The highest BCUT2D eigenvalue weighted by atomic mass is 16.5. The molecule has 0 fully saturated rings. The summed E-state index contributed by atoms with van der Waals surface area (Å²) in [5.41, 5.74) is 1.27. The van der Waals surface area contributed by atoms with E-state index in [2.05, 4.69) is 18.0 Å². The van der Waals surface area contributed by atoms with E-state index in [4.69, 9.17) is 4.74 Å². The molecule has 2 rings (SSSR count). The summed E-state index contributed by atoms with van der Waals surface area (Å²) in [6.07, 6.45) is 2.91. The average Bonchev–Trinajstić information content (AvgIpc) is 2.47. The summed E-state index contributed by atoms with van der Waals surface area (Å²) in [7, 11) is 0. The molecule has 2 heterocycles. The molecule has 0 amide bonds. The summed E-state index contributed by atoms with van der Waals surface area (Å²) in [6.45, 7) is 2.99. The van der Waals surface area contributed by atoms with Gasteiger partial charge in [-0.25, -0.2) is 4.98 Å². The normalized spacial score (nSPS) is 21.0. The Hall–Kier alpha value is -1.05. The maximum atomic E-state index is 5.39. The van der Waals surface area contributed by atoms with Crippen LogP contribution in [0.15, 0.2) is 18.3 Å². The van der Waals surface area contributed by atoms with Crippen LogP contribution in [0.4, 0.5) is 0 Å². The first kappa shape index (κ1) is 6.65. The molecule has 2 nitrogen and oxygen atoms in total. The molecule has 1 atom stereocenters. The van der Waals surface area contributed by atoms with Gasteiger partial charge in [0.1, 0.15) is 0 Å². The molecule has 0 spiro atoms. The standard InChI is InChI=1S/C9H11NO/c1-2-7-6-11-9-8(7)4-3-5-10-9/h3-5,7H,2,6H2,1H3. The summed E-state index contributed by atoms with van der Waals surface area (Å²) in [6, 6.07) is 4.07. The number of hydrogen-bond acceptors (Lipinski definition) is 2. The van der Waals surface area contributed by atoms with Crippen LogP contribution in [0.25, 0.3) is 0 Å². The number of ether oxygens (including phenoxy) is 1. The Balaban J connectivity index is 2.39. The zero-order chi connectivity index (χ0) is 7.68. The molecule has 1 unspecified atom stereocenters. The van der Waals surface area contributed by atoms with Crippen LogP contribution in [0.1, 0.15) is 24.8 Å². The van der Waals surface area contributed by atoms with Gasteiger partial charge in [0, 0.05) is 17.7 Å². The Bertz CT molecular complexity index is 259. The first-order valence-electron chi connectivity index (χ1n) is 3.99. The van der Waals surface area contributed by atoms with Gasteiger partial charge in [0.2, 0.25) is 5.88 Å². The topological polar surface area (TPSA) is 22.1 Å². The van der Waals surface area contributed by atoms with E-state index in [-0.39, 0.29) is 0 Å². The molecule has 1 aromatic rings. The van der Waals surface area contributed by atoms with E-state index in [1.54, 1.807) is 6.20 Å². The van der Waals surface area contributed by atoms with Gasteiger partial charge >= 0.3 is 0 Å². The van der Waals surface area contributed by atoms with E-state index in [1.807, 2.05) is 6.07 Å². The van der Waals surface area contributed by atoms with Crippen molar-refractivity contribution in [2.75, 3.05) is 6.61 Å². The van der Waals surface area contributed by atoms with Crippen LogP contribution in [-0.4, -0.2) is 11.6 Å². The fraction of sp³-hybridized carbons (Fsp3) is 0.444. The summed E-state index contributed by atoms with van der Waals surface area (Å²) < 4.78 is 5.39. The number of aromatic nitrogens is 1. The van der Waals surface area contributed by atoms with Crippen molar-refractivity contribution in [2.45, 2.75) is 19.3 Å². The van der Waals surface area contributed by atoms with E-state index in [1.165, 1.54) is 5.56 Å². The Labute approximate surface area is 66.2 Å². The molecule has 0 aliphatic carbocycles. The van der Waals surface area contributed by atoms with Crippen molar-refractivity contribution < 1.29 is 4.74 Å². The maximum Gasteiger partial charge on any atom is 0.216 e. The summed E-state index contributed by atoms with van der Waals surface area (Å²) in [5.74, 6) is 1.40. The largest absolute Gasteiger partial charge is 0.477 e. The Morgan fingerprint density at radius 3 is 3.45 bits per heavy atom. The lowest BCUT2D eigenvalue weighted by molar-refractivity contribution is 0.318. The number of pyridine rings is 1. The van der Waals surface area contributed by atoms with E-state index >= 15 is 0 Å². The molecular formula is C9H11NO. The summed E-state index contributed by atoms with van der Waals surface area (Å²) >= 11 is 0. The minimum absolute atomic E-state index is 0.568. The van der Waals surface area contributed by atoms with E-state index < -0.39 is 0 Å². The van der Waals surface area contributed by atoms with Gasteiger partial charge in [0.15, 0.2) is 0 Å². The second-order valence-corrected chi connectivity index (χ2v) is 2.81. The quantitative estimate of drug-likeness (QED) is 0.609. The molecule has 1 aromatic heterocycles. The lowest BCUT2D eigenvalue weighted by Gasteiger charge is -2.01.